The molecule has 112 valence electrons. The third-order valence-corrected chi connectivity index (χ3v) is 4.31. The molecule has 2 atom stereocenters. The van der Waals surface area contributed by atoms with Crippen LogP contribution in [-0.4, -0.2) is 36.4 Å². The van der Waals surface area contributed by atoms with Crippen LogP contribution in [0.2, 0.25) is 0 Å². The Morgan fingerprint density at radius 3 is 2.95 bits per heavy atom. The maximum absolute atomic E-state index is 12.1. The van der Waals surface area contributed by atoms with Crippen molar-refractivity contribution in [1.82, 2.24) is 10.2 Å². The Bertz CT molecular complexity index is 585. The molecule has 2 unspecified atom stereocenters. The highest BCUT2D eigenvalue weighted by atomic mass is 16.5. The van der Waals surface area contributed by atoms with Crippen molar-refractivity contribution in [3.05, 3.63) is 29.3 Å². The molecule has 2 aliphatic rings. The van der Waals surface area contributed by atoms with Crippen LogP contribution in [0.4, 0.5) is 0 Å². The lowest BCUT2D eigenvalue weighted by Crippen LogP contribution is -2.51. The molecule has 0 bridgehead atoms. The molecule has 0 radical (unpaired) electrons. The summed E-state index contributed by atoms with van der Waals surface area (Å²) in [4.78, 5) is 24.8. The second kappa shape index (κ2) is 5.48. The molecule has 1 saturated heterocycles. The van der Waals surface area contributed by atoms with Crippen molar-refractivity contribution < 1.29 is 14.3 Å². The monoisotopic (exact) mass is 288 g/mol. The zero-order valence-electron chi connectivity index (χ0n) is 12.4. The number of ether oxygens (including phenoxy) is 1. The van der Waals surface area contributed by atoms with Crippen LogP contribution in [0.15, 0.2) is 18.2 Å². The first-order valence-electron chi connectivity index (χ1n) is 7.38. The Hall–Kier alpha value is -1.88. The smallest absolute Gasteiger partial charge is 0.246 e. The van der Waals surface area contributed by atoms with E-state index in [2.05, 4.69) is 11.4 Å². The molecule has 0 spiro atoms. The highest BCUT2D eigenvalue weighted by Crippen LogP contribution is 2.28. The molecule has 0 saturated carbocycles. The standard InChI is InChI=1S/C16H20N2O3/c1-10(11-3-5-14-12(9-11)7-8-21-14)17-13-4-6-15(19)18(2)16(13)20/h3,5,9-10,13,17H,4,6-8H2,1-2H3. The van der Waals surface area contributed by atoms with Gasteiger partial charge in [-0.1, -0.05) is 12.1 Å². The zero-order chi connectivity index (χ0) is 15.0. The molecule has 2 heterocycles. The number of likely N-dealkylation sites (tertiary alicyclic amines) is 1. The van der Waals surface area contributed by atoms with Gasteiger partial charge in [0, 0.05) is 25.9 Å². The normalized spacial score (nSPS) is 23.0. The summed E-state index contributed by atoms with van der Waals surface area (Å²) in [5.74, 6) is 0.730. The topological polar surface area (TPSA) is 58.6 Å². The van der Waals surface area contributed by atoms with Gasteiger partial charge in [0.1, 0.15) is 5.75 Å². The van der Waals surface area contributed by atoms with Gasteiger partial charge < -0.3 is 4.74 Å². The molecule has 1 aromatic carbocycles. The zero-order valence-corrected chi connectivity index (χ0v) is 12.4. The lowest BCUT2D eigenvalue weighted by molar-refractivity contribution is -0.148. The number of hydrogen-bond donors (Lipinski definition) is 1. The molecule has 2 aliphatic heterocycles. The van der Waals surface area contributed by atoms with E-state index >= 15 is 0 Å². The summed E-state index contributed by atoms with van der Waals surface area (Å²) < 4.78 is 5.51. The van der Waals surface area contributed by atoms with Crippen molar-refractivity contribution in [1.29, 1.82) is 0 Å². The summed E-state index contributed by atoms with van der Waals surface area (Å²) in [5, 5.41) is 3.34. The Morgan fingerprint density at radius 2 is 2.14 bits per heavy atom. The van der Waals surface area contributed by atoms with Gasteiger partial charge in [-0.05, 0) is 30.5 Å². The Labute approximate surface area is 124 Å². The van der Waals surface area contributed by atoms with Crippen molar-refractivity contribution in [2.75, 3.05) is 13.7 Å². The SMILES string of the molecule is CC(NC1CCC(=O)N(C)C1=O)c1ccc2c(c1)CCO2. The highest BCUT2D eigenvalue weighted by molar-refractivity contribution is 6.00. The summed E-state index contributed by atoms with van der Waals surface area (Å²) in [6, 6.07) is 5.94. The van der Waals surface area contributed by atoms with E-state index < -0.39 is 0 Å². The van der Waals surface area contributed by atoms with Crippen molar-refractivity contribution >= 4 is 11.8 Å². The Kier molecular flexibility index (Phi) is 3.68. The second-order valence-corrected chi connectivity index (χ2v) is 5.74. The summed E-state index contributed by atoms with van der Waals surface area (Å²) in [5.41, 5.74) is 2.37. The van der Waals surface area contributed by atoms with Crippen LogP contribution in [-0.2, 0) is 16.0 Å². The number of likely N-dealkylation sites (N-methyl/N-ethyl adjacent to an activating group) is 1. The first-order valence-corrected chi connectivity index (χ1v) is 7.38. The minimum atomic E-state index is -0.285. The van der Waals surface area contributed by atoms with Crippen LogP contribution in [0.25, 0.3) is 0 Å². The number of benzene rings is 1. The van der Waals surface area contributed by atoms with Gasteiger partial charge in [-0.15, -0.1) is 0 Å². The van der Waals surface area contributed by atoms with Crippen LogP contribution in [0.3, 0.4) is 0 Å². The first kappa shape index (κ1) is 14.1. The third-order valence-electron chi connectivity index (χ3n) is 4.31. The highest BCUT2D eigenvalue weighted by Gasteiger charge is 2.32. The van der Waals surface area contributed by atoms with Crippen molar-refractivity contribution in [3.63, 3.8) is 0 Å². The van der Waals surface area contributed by atoms with E-state index in [1.54, 1.807) is 7.05 Å². The van der Waals surface area contributed by atoms with Crippen LogP contribution < -0.4 is 10.1 Å². The summed E-state index contributed by atoms with van der Waals surface area (Å²) >= 11 is 0. The van der Waals surface area contributed by atoms with E-state index in [-0.39, 0.29) is 23.9 Å². The van der Waals surface area contributed by atoms with Crippen LogP contribution in [0.5, 0.6) is 5.75 Å². The van der Waals surface area contributed by atoms with Gasteiger partial charge in [-0.2, -0.15) is 0 Å². The van der Waals surface area contributed by atoms with Gasteiger partial charge >= 0.3 is 0 Å². The predicted molar refractivity (Wildman–Crippen MR) is 78.0 cm³/mol. The average molecular weight is 288 g/mol. The number of rotatable bonds is 3. The Morgan fingerprint density at radius 1 is 1.33 bits per heavy atom. The molecule has 21 heavy (non-hydrogen) atoms. The van der Waals surface area contributed by atoms with E-state index in [1.165, 1.54) is 10.5 Å². The van der Waals surface area contributed by atoms with E-state index in [9.17, 15) is 9.59 Å². The number of carbonyl (C=O) groups is 2. The number of fused-ring (bicyclic) bond motifs is 1. The fourth-order valence-corrected chi connectivity index (χ4v) is 2.94. The molecular weight excluding hydrogens is 268 g/mol. The molecule has 1 fully saturated rings. The fourth-order valence-electron chi connectivity index (χ4n) is 2.94. The minimum Gasteiger partial charge on any atom is -0.493 e. The van der Waals surface area contributed by atoms with E-state index in [4.69, 9.17) is 4.74 Å². The van der Waals surface area contributed by atoms with Crippen molar-refractivity contribution in [2.24, 2.45) is 0 Å². The summed E-state index contributed by atoms with van der Waals surface area (Å²) in [6.07, 6.45) is 1.93. The lowest BCUT2D eigenvalue weighted by Gasteiger charge is -2.30. The number of carbonyl (C=O) groups excluding carboxylic acids is 2. The molecule has 2 amide bonds. The van der Waals surface area contributed by atoms with Gasteiger partial charge in [0.2, 0.25) is 11.8 Å². The van der Waals surface area contributed by atoms with Gasteiger partial charge in [0.05, 0.1) is 12.6 Å². The van der Waals surface area contributed by atoms with Crippen LogP contribution >= 0.6 is 0 Å². The van der Waals surface area contributed by atoms with Gasteiger partial charge in [-0.3, -0.25) is 19.8 Å². The molecular formula is C16H20N2O3. The lowest BCUT2D eigenvalue weighted by atomic mass is 10.00. The van der Waals surface area contributed by atoms with E-state index in [1.807, 2.05) is 19.1 Å². The number of imide groups is 1. The molecule has 0 aliphatic carbocycles. The van der Waals surface area contributed by atoms with Crippen LogP contribution in [0.1, 0.15) is 36.9 Å². The van der Waals surface area contributed by atoms with E-state index in [0.717, 1.165) is 24.3 Å². The van der Waals surface area contributed by atoms with Gasteiger partial charge in [0.25, 0.3) is 0 Å². The van der Waals surface area contributed by atoms with Gasteiger partial charge in [0.15, 0.2) is 0 Å². The second-order valence-electron chi connectivity index (χ2n) is 5.74. The van der Waals surface area contributed by atoms with Crippen molar-refractivity contribution in [2.45, 2.75) is 38.3 Å². The number of hydrogen-bond acceptors (Lipinski definition) is 4. The number of piperidine rings is 1. The quantitative estimate of drug-likeness (QED) is 0.855. The van der Waals surface area contributed by atoms with Crippen molar-refractivity contribution in [3.8, 4) is 5.75 Å². The largest absolute Gasteiger partial charge is 0.493 e. The fraction of sp³-hybridized carbons (Fsp3) is 0.500. The number of nitrogens with one attached hydrogen (secondary N) is 1. The predicted octanol–water partition coefficient (Wildman–Crippen LogP) is 1.42. The molecule has 5 heteroatoms. The average Bonchev–Trinajstić information content (AvgIpc) is 2.95. The summed E-state index contributed by atoms with van der Waals surface area (Å²) in [7, 11) is 1.55. The maximum atomic E-state index is 12.1. The molecule has 1 aromatic rings. The molecule has 1 N–H and O–H groups in total. The molecule has 3 rings (SSSR count). The third kappa shape index (κ3) is 2.65. The molecule has 0 aromatic heterocycles. The van der Waals surface area contributed by atoms with Crippen LogP contribution in [0, 0.1) is 0 Å². The van der Waals surface area contributed by atoms with Gasteiger partial charge in [-0.25, -0.2) is 0 Å². The minimum absolute atomic E-state index is 0.0615. The first-order chi connectivity index (χ1) is 10.1. The Balaban J connectivity index is 1.70. The van der Waals surface area contributed by atoms with E-state index in [0.29, 0.717) is 12.8 Å². The number of amides is 2. The molecule has 5 nitrogen and oxygen atoms in total. The summed E-state index contributed by atoms with van der Waals surface area (Å²) in [6.45, 7) is 2.79. The number of nitrogens with zero attached hydrogens (tertiary/aromatic N) is 1. The maximum Gasteiger partial charge on any atom is 0.246 e.